The van der Waals surface area contributed by atoms with E-state index >= 15 is 0 Å². The van der Waals surface area contributed by atoms with Gasteiger partial charge in [0.15, 0.2) is 0 Å². The number of thioether (sulfide) groups is 1. The van der Waals surface area contributed by atoms with E-state index in [0.717, 1.165) is 16.6 Å². The van der Waals surface area contributed by atoms with Crippen LogP contribution in [0.2, 0.25) is 0 Å². The number of rotatable bonds is 6. The number of carbonyl (C=O) groups excluding carboxylic acids is 1. The number of aryl methyl sites for hydroxylation is 1. The van der Waals surface area contributed by atoms with Gasteiger partial charge in [-0.3, -0.25) is 18.7 Å². The van der Waals surface area contributed by atoms with E-state index < -0.39 is 16.5 Å². The van der Waals surface area contributed by atoms with Crippen LogP contribution in [0.1, 0.15) is 32.8 Å². The van der Waals surface area contributed by atoms with Crippen molar-refractivity contribution in [3.63, 3.8) is 0 Å². The zero-order valence-corrected chi connectivity index (χ0v) is 16.8. The zero-order chi connectivity index (χ0) is 19.6. The van der Waals surface area contributed by atoms with Gasteiger partial charge in [-0.05, 0) is 24.3 Å². The molecule has 26 heavy (non-hydrogen) atoms. The fourth-order valence-electron chi connectivity index (χ4n) is 2.83. The second kappa shape index (κ2) is 8.07. The van der Waals surface area contributed by atoms with E-state index in [1.807, 2.05) is 6.92 Å². The topological polar surface area (TPSA) is 83.2 Å². The van der Waals surface area contributed by atoms with Gasteiger partial charge in [0.2, 0.25) is 0 Å². The zero-order valence-electron chi connectivity index (χ0n) is 16.0. The third-order valence-electron chi connectivity index (χ3n) is 4.22. The summed E-state index contributed by atoms with van der Waals surface area (Å²) in [7, 11) is 4.39. The highest BCUT2D eigenvalue weighted by molar-refractivity contribution is 8.00. The number of esters is 1. The van der Waals surface area contributed by atoms with Gasteiger partial charge in [0.25, 0.3) is 5.56 Å². The molecule has 0 aromatic carbocycles. The molecule has 2 aromatic rings. The molecule has 2 aromatic heterocycles. The Bertz CT molecular complexity index is 946. The summed E-state index contributed by atoms with van der Waals surface area (Å²) in [4.78, 5) is 42.2. The first-order chi connectivity index (χ1) is 12.2. The van der Waals surface area contributed by atoms with Crippen LogP contribution in [-0.2, 0) is 30.0 Å². The second-order valence-corrected chi connectivity index (χ2v) is 7.87. The maximum Gasteiger partial charge on any atom is 0.332 e. The lowest BCUT2D eigenvalue weighted by atomic mass is 10.0. The van der Waals surface area contributed by atoms with Crippen LogP contribution in [0.3, 0.4) is 0 Å². The molecule has 142 valence electrons. The Labute approximate surface area is 156 Å². The minimum Gasteiger partial charge on any atom is -0.468 e. The van der Waals surface area contributed by atoms with Crippen molar-refractivity contribution in [2.24, 2.45) is 20.0 Å². The van der Waals surface area contributed by atoms with Gasteiger partial charge < -0.3 is 4.74 Å². The summed E-state index contributed by atoms with van der Waals surface area (Å²) in [5.41, 5.74) is 0.398. The molecule has 8 heteroatoms. The van der Waals surface area contributed by atoms with Crippen LogP contribution in [-0.4, -0.2) is 32.4 Å². The molecule has 0 aliphatic carbocycles. The average Bonchev–Trinajstić information content (AvgIpc) is 2.62. The Morgan fingerprint density at radius 2 is 1.92 bits per heavy atom. The highest BCUT2D eigenvalue weighted by atomic mass is 32.2. The predicted molar refractivity (Wildman–Crippen MR) is 103 cm³/mol. The summed E-state index contributed by atoms with van der Waals surface area (Å²) in [5, 5.41) is -0.0569. The van der Waals surface area contributed by atoms with Crippen LogP contribution in [0.25, 0.3) is 11.0 Å². The number of fused-ring (bicyclic) bond motifs is 1. The molecule has 0 unspecified atom stereocenters. The van der Waals surface area contributed by atoms with E-state index in [9.17, 15) is 14.4 Å². The number of carbonyl (C=O) groups is 1. The lowest BCUT2D eigenvalue weighted by molar-refractivity contribution is -0.140. The Morgan fingerprint density at radius 1 is 1.27 bits per heavy atom. The monoisotopic (exact) mass is 379 g/mol. The Kier molecular flexibility index (Phi) is 6.28. The largest absolute Gasteiger partial charge is 0.468 e. The quantitative estimate of drug-likeness (QED) is 0.563. The van der Waals surface area contributed by atoms with Crippen LogP contribution in [0.5, 0.6) is 0 Å². The van der Waals surface area contributed by atoms with Crippen molar-refractivity contribution in [3.05, 3.63) is 32.6 Å². The van der Waals surface area contributed by atoms with Crippen LogP contribution in [0, 0.1) is 5.92 Å². The molecular weight excluding hydrogens is 354 g/mol. The smallest absolute Gasteiger partial charge is 0.332 e. The third-order valence-corrected chi connectivity index (χ3v) is 5.73. The van der Waals surface area contributed by atoms with E-state index in [0.29, 0.717) is 28.3 Å². The SMILES string of the molecule is CC[C@@H](Sc1c(CC(C)C)cnc2c1c(=O)n(C)c(=O)n2C)C(=O)OC. The summed E-state index contributed by atoms with van der Waals surface area (Å²) in [6, 6.07) is 0. The van der Waals surface area contributed by atoms with Gasteiger partial charge in [-0.2, -0.15) is 0 Å². The summed E-state index contributed by atoms with van der Waals surface area (Å²) in [5.74, 6) is 0.0165. The van der Waals surface area contributed by atoms with Crippen molar-refractivity contribution in [2.45, 2.75) is 43.8 Å². The minimum absolute atomic E-state index is 0.327. The molecule has 0 spiro atoms. The number of hydrogen-bond acceptors (Lipinski definition) is 6. The molecule has 2 rings (SSSR count). The normalized spacial score (nSPS) is 12.6. The predicted octanol–water partition coefficient (Wildman–Crippen LogP) is 1.87. The lowest BCUT2D eigenvalue weighted by Crippen LogP contribution is -2.37. The highest BCUT2D eigenvalue weighted by Gasteiger charge is 2.24. The van der Waals surface area contributed by atoms with E-state index in [-0.39, 0.29) is 5.97 Å². The molecule has 7 nitrogen and oxygen atoms in total. The Balaban J connectivity index is 2.83. The van der Waals surface area contributed by atoms with Crippen molar-refractivity contribution in [1.82, 2.24) is 14.1 Å². The molecule has 0 aliphatic heterocycles. The summed E-state index contributed by atoms with van der Waals surface area (Å²) in [6.45, 7) is 6.05. The van der Waals surface area contributed by atoms with Crippen molar-refractivity contribution in [1.29, 1.82) is 0 Å². The fourth-order valence-corrected chi connectivity index (χ4v) is 4.06. The fraction of sp³-hybridized carbons (Fsp3) is 0.556. The molecule has 1 atom stereocenters. The third kappa shape index (κ3) is 3.70. The molecule has 0 N–H and O–H groups in total. The first kappa shape index (κ1) is 20.2. The van der Waals surface area contributed by atoms with E-state index in [4.69, 9.17) is 4.74 Å². The van der Waals surface area contributed by atoms with Crippen LogP contribution >= 0.6 is 11.8 Å². The molecular formula is C18H25N3O4S. The molecule has 0 saturated carbocycles. The Hall–Kier alpha value is -2.09. The maximum atomic E-state index is 12.8. The lowest BCUT2D eigenvalue weighted by Gasteiger charge is -2.18. The molecule has 0 saturated heterocycles. The molecule has 0 bridgehead atoms. The van der Waals surface area contributed by atoms with Crippen LogP contribution < -0.4 is 11.2 Å². The maximum absolute atomic E-state index is 12.8. The van der Waals surface area contributed by atoms with E-state index in [1.54, 1.807) is 13.2 Å². The number of hydrogen-bond donors (Lipinski definition) is 0. The van der Waals surface area contributed by atoms with Crippen LogP contribution in [0.15, 0.2) is 20.7 Å². The van der Waals surface area contributed by atoms with Gasteiger partial charge in [0.1, 0.15) is 10.9 Å². The van der Waals surface area contributed by atoms with E-state index in [1.165, 1.54) is 30.5 Å². The van der Waals surface area contributed by atoms with Crippen LogP contribution in [0.4, 0.5) is 0 Å². The highest BCUT2D eigenvalue weighted by Crippen LogP contribution is 2.34. The van der Waals surface area contributed by atoms with Gasteiger partial charge in [-0.25, -0.2) is 9.78 Å². The van der Waals surface area contributed by atoms with Gasteiger partial charge in [-0.1, -0.05) is 20.8 Å². The molecule has 0 radical (unpaired) electrons. The number of methoxy groups -OCH3 is 1. The molecule has 0 aliphatic rings. The number of nitrogens with zero attached hydrogens (tertiary/aromatic N) is 3. The summed E-state index contributed by atoms with van der Waals surface area (Å²) >= 11 is 1.31. The minimum atomic E-state index is -0.432. The van der Waals surface area contributed by atoms with Gasteiger partial charge in [0, 0.05) is 25.2 Å². The van der Waals surface area contributed by atoms with Gasteiger partial charge in [-0.15, -0.1) is 11.8 Å². The standard InChI is InChI=1S/C18H25N3O4S/c1-7-12(17(23)25-6)26-14-11(8-10(2)3)9-19-15-13(14)16(22)21(5)18(24)20(15)4/h9-10,12H,7-8H2,1-6H3/t12-/m1/s1. The van der Waals surface area contributed by atoms with Crippen molar-refractivity contribution in [3.8, 4) is 0 Å². The number of ether oxygens (including phenoxy) is 1. The van der Waals surface area contributed by atoms with Crippen molar-refractivity contribution >= 4 is 28.8 Å². The first-order valence-electron chi connectivity index (χ1n) is 8.54. The molecule has 0 fully saturated rings. The number of aromatic nitrogens is 3. The van der Waals surface area contributed by atoms with Crippen molar-refractivity contribution in [2.75, 3.05) is 7.11 Å². The average molecular weight is 379 g/mol. The number of pyridine rings is 1. The molecule has 0 amide bonds. The summed E-state index contributed by atoms with van der Waals surface area (Å²) < 4.78 is 7.33. The van der Waals surface area contributed by atoms with Gasteiger partial charge >= 0.3 is 11.7 Å². The van der Waals surface area contributed by atoms with Crippen molar-refractivity contribution < 1.29 is 9.53 Å². The van der Waals surface area contributed by atoms with E-state index in [2.05, 4.69) is 18.8 Å². The van der Waals surface area contributed by atoms with Gasteiger partial charge in [0.05, 0.1) is 12.5 Å². The molecule has 2 heterocycles. The first-order valence-corrected chi connectivity index (χ1v) is 9.42. The Morgan fingerprint density at radius 3 is 2.46 bits per heavy atom. The second-order valence-electron chi connectivity index (χ2n) is 6.65. The summed E-state index contributed by atoms with van der Waals surface area (Å²) in [6.07, 6.45) is 2.98.